The quantitative estimate of drug-likeness (QED) is 0.901. The molecule has 0 fully saturated rings. The summed E-state index contributed by atoms with van der Waals surface area (Å²) in [7, 11) is 0. The lowest BCUT2D eigenvalue weighted by atomic mass is 10.1. The third-order valence-corrected chi connectivity index (χ3v) is 2.89. The van der Waals surface area contributed by atoms with Crippen molar-refractivity contribution in [3.63, 3.8) is 0 Å². The molecule has 0 aliphatic heterocycles. The third-order valence-electron chi connectivity index (χ3n) is 2.89. The fourth-order valence-corrected chi connectivity index (χ4v) is 1.76. The van der Waals surface area contributed by atoms with Crippen molar-refractivity contribution in [2.75, 3.05) is 6.54 Å². The van der Waals surface area contributed by atoms with Gasteiger partial charge in [-0.25, -0.2) is 8.78 Å². The van der Waals surface area contributed by atoms with Gasteiger partial charge in [-0.2, -0.15) is 0 Å². The first kappa shape index (κ1) is 14.1. The molecule has 5 heteroatoms. The minimum atomic E-state index is -1.05. The Balaban J connectivity index is 1.97. The maximum atomic E-state index is 13.0. The van der Waals surface area contributed by atoms with Gasteiger partial charge in [0.05, 0.1) is 0 Å². The maximum Gasteiger partial charge on any atom is 0.251 e. The molecule has 1 amide bonds. The van der Waals surface area contributed by atoms with Gasteiger partial charge < -0.3 is 11.1 Å². The van der Waals surface area contributed by atoms with Crippen LogP contribution in [0.15, 0.2) is 48.5 Å². The molecule has 0 saturated heterocycles. The summed E-state index contributed by atoms with van der Waals surface area (Å²) in [5.74, 6) is -2.53. The van der Waals surface area contributed by atoms with Crippen LogP contribution in [0.3, 0.4) is 0 Å². The van der Waals surface area contributed by atoms with Crippen molar-refractivity contribution >= 4 is 5.91 Å². The molecule has 3 nitrogen and oxygen atoms in total. The number of nitrogens with two attached hydrogens (primary N) is 1. The highest BCUT2D eigenvalue weighted by Gasteiger charge is 2.11. The van der Waals surface area contributed by atoms with Crippen LogP contribution in [0.25, 0.3) is 0 Å². The second kappa shape index (κ2) is 6.25. The zero-order valence-corrected chi connectivity index (χ0v) is 10.6. The fourth-order valence-electron chi connectivity index (χ4n) is 1.76. The van der Waals surface area contributed by atoms with E-state index in [4.69, 9.17) is 5.73 Å². The van der Waals surface area contributed by atoms with Gasteiger partial charge in [0.15, 0.2) is 11.6 Å². The molecular weight excluding hydrogens is 262 g/mol. The van der Waals surface area contributed by atoms with Crippen molar-refractivity contribution in [3.8, 4) is 0 Å². The van der Waals surface area contributed by atoms with Crippen molar-refractivity contribution in [1.82, 2.24) is 5.32 Å². The van der Waals surface area contributed by atoms with Crippen LogP contribution < -0.4 is 11.1 Å². The molecule has 3 N–H and O–H groups in total. The molecular formula is C15H14F2N2O. The van der Waals surface area contributed by atoms with Gasteiger partial charge in [0, 0.05) is 18.2 Å². The van der Waals surface area contributed by atoms with E-state index in [2.05, 4.69) is 5.32 Å². The molecule has 2 aromatic rings. The van der Waals surface area contributed by atoms with E-state index in [0.29, 0.717) is 0 Å². The zero-order valence-electron chi connectivity index (χ0n) is 10.6. The van der Waals surface area contributed by atoms with Crippen LogP contribution in [0.2, 0.25) is 0 Å². The minimum absolute atomic E-state index is 0.0594. The standard InChI is InChI=1S/C15H14F2N2O/c16-12-7-6-11(8-13(12)17)15(20)19-9-14(18)10-4-2-1-3-5-10/h1-8,14H,9,18H2,(H,19,20). The van der Waals surface area contributed by atoms with Crippen LogP contribution in [0.5, 0.6) is 0 Å². The van der Waals surface area contributed by atoms with Crippen LogP contribution in [0.1, 0.15) is 22.0 Å². The lowest BCUT2D eigenvalue weighted by Gasteiger charge is -2.13. The van der Waals surface area contributed by atoms with Gasteiger partial charge in [-0.1, -0.05) is 30.3 Å². The molecule has 0 saturated carbocycles. The van der Waals surface area contributed by atoms with E-state index >= 15 is 0 Å². The summed E-state index contributed by atoms with van der Waals surface area (Å²) in [6.07, 6.45) is 0. The molecule has 0 radical (unpaired) electrons. The Morgan fingerprint density at radius 1 is 1.10 bits per heavy atom. The molecule has 0 aromatic heterocycles. The smallest absolute Gasteiger partial charge is 0.251 e. The first-order valence-corrected chi connectivity index (χ1v) is 6.11. The zero-order chi connectivity index (χ0) is 14.5. The first-order valence-electron chi connectivity index (χ1n) is 6.11. The fraction of sp³-hybridized carbons (Fsp3) is 0.133. The summed E-state index contributed by atoms with van der Waals surface area (Å²) in [6, 6.07) is 11.9. The van der Waals surface area contributed by atoms with Gasteiger partial charge in [0.2, 0.25) is 0 Å². The second-order valence-corrected chi connectivity index (χ2v) is 4.36. The lowest BCUT2D eigenvalue weighted by molar-refractivity contribution is 0.0950. The molecule has 104 valence electrons. The summed E-state index contributed by atoms with van der Waals surface area (Å²) >= 11 is 0. The highest BCUT2D eigenvalue weighted by Crippen LogP contribution is 2.10. The van der Waals surface area contributed by atoms with Gasteiger partial charge in [-0.15, -0.1) is 0 Å². The van der Waals surface area contributed by atoms with E-state index in [-0.39, 0.29) is 18.2 Å². The highest BCUT2D eigenvalue weighted by molar-refractivity contribution is 5.94. The average Bonchev–Trinajstić information content (AvgIpc) is 2.48. The Morgan fingerprint density at radius 2 is 1.80 bits per heavy atom. The van der Waals surface area contributed by atoms with Crippen LogP contribution in [0.4, 0.5) is 8.78 Å². The van der Waals surface area contributed by atoms with E-state index < -0.39 is 17.5 Å². The van der Waals surface area contributed by atoms with E-state index in [1.165, 1.54) is 6.07 Å². The molecule has 0 spiro atoms. The Bertz CT molecular complexity index is 602. The summed E-state index contributed by atoms with van der Waals surface area (Å²) in [6.45, 7) is 0.210. The minimum Gasteiger partial charge on any atom is -0.350 e. The van der Waals surface area contributed by atoms with Crippen molar-refractivity contribution < 1.29 is 13.6 Å². The summed E-state index contributed by atoms with van der Waals surface area (Å²) in [5.41, 5.74) is 6.87. The Hall–Kier alpha value is -2.27. The van der Waals surface area contributed by atoms with Crippen molar-refractivity contribution in [1.29, 1.82) is 0 Å². The monoisotopic (exact) mass is 276 g/mol. The first-order chi connectivity index (χ1) is 9.58. The number of nitrogens with one attached hydrogen (secondary N) is 1. The van der Waals surface area contributed by atoms with E-state index in [0.717, 1.165) is 17.7 Å². The van der Waals surface area contributed by atoms with Gasteiger partial charge >= 0.3 is 0 Å². The normalized spacial score (nSPS) is 11.9. The molecule has 2 rings (SSSR count). The lowest BCUT2D eigenvalue weighted by Crippen LogP contribution is -2.31. The topological polar surface area (TPSA) is 55.1 Å². The van der Waals surface area contributed by atoms with E-state index in [1.54, 1.807) is 0 Å². The van der Waals surface area contributed by atoms with Crippen LogP contribution in [0, 0.1) is 11.6 Å². The number of carbonyl (C=O) groups is 1. The number of hydrogen-bond acceptors (Lipinski definition) is 2. The van der Waals surface area contributed by atoms with Crippen molar-refractivity contribution in [2.45, 2.75) is 6.04 Å². The average molecular weight is 276 g/mol. The second-order valence-electron chi connectivity index (χ2n) is 4.36. The van der Waals surface area contributed by atoms with Crippen LogP contribution in [-0.4, -0.2) is 12.5 Å². The molecule has 0 aliphatic rings. The number of halogens is 2. The molecule has 0 bridgehead atoms. The number of hydrogen-bond donors (Lipinski definition) is 2. The van der Waals surface area contributed by atoms with E-state index in [1.807, 2.05) is 30.3 Å². The molecule has 0 aliphatic carbocycles. The van der Waals surface area contributed by atoms with Gasteiger partial charge in [0.1, 0.15) is 0 Å². The molecule has 0 heterocycles. The van der Waals surface area contributed by atoms with E-state index in [9.17, 15) is 13.6 Å². The molecule has 1 atom stereocenters. The van der Waals surface area contributed by atoms with Crippen molar-refractivity contribution in [2.24, 2.45) is 5.73 Å². The van der Waals surface area contributed by atoms with Crippen LogP contribution in [-0.2, 0) is 0 Å². The Kier molecular flexibility index (Phi) is 4.42. The van der Waals surface area contributed by atoms with Crippen LogP contribution >= 0.6 is 0 Å². The maximum absolute atomic E-state index is 13.0. The highest BCUT2D eigenvalue weighted by atomic mass is 19.2. The summed E-state index contributed by atoms with van der Waals surface area (Å²) in [4.78, 5) is 11.8. The number of amides is 1. The molecule has 20 heavy (non-hydrogen) atoms. The summed E-state index contributed by atoms with van der Waals surface area (Å²) in [5, 5.41) is 2.59. The molecule has 2 aromatic carbocycles. The third kappa shape index (κ3) is 3.39. The largest absolute Gasteiger partial charge is 0.350 e. The number of benzene rings is 2. The molecule has 1 unspecified atom stereocenters. The Morgan fingerprint density at radius 3 is 2.45 bits per heavy atom. The SMILES string of the molecule is NC(CNC(=O)c1ccc(F)c(F)c1)c1ccccc1. The predicted octanol–water partition coefficient (Wildman–Crippen LogP) is 2.39. The Labute approximate surface area is 115 Å². The van der Waals surface area contributed by atoms with Gasteiger partial charge in [-0.3, -0.25) is 4.79 Å². The summed E-state index contributed by atoms with van der Waals surface area (Å²) < 4.78 is 25.8. The predicted molar refractivity (Wildman–Crippen MR) is 72.1 cm³/mol. The number of rotatable bonds is 4. The van der Waals surface area contributed by atoms with Crippen molar-refractivity contribution in [3.05, 3.63) is 71.3 Å². The van der Waals surface area contributed by atoms with Gasteiger partial charge in [-0.05, 0) is 23.8 Å². The van der Waals surface area contributed by atoms with Gasteiger partial charge in [0.25, 0.3) is 5.91 Å². The number of carbonyl (C=O) groups excluding carboxylic acids is 1.